The van der Waals surface area contributed by atoms with Crippen molar-refractivity contribution in [1.29, 1.82) is 0 Å². The second-order valence-corrected chi connectivity index (χ2v) is 13.5. The molecule has 14 heteroatoms. The van der Waals surface area contributed by atoms with E-state index in [0.29, 0.717) is 6.42 Å². The molecule has 272 valence electrons. The molecule has 0 saturated heterocycles. The van der Waals surface area contributed by atoms with Crippen LogP contribution < -0.4 is 0 Å². The summed E-state index contributed by atoms with van der Waals surface area (Å²) >= 11 is 0. The molecule has 0 aromatic rings. The minimum absolute atomic E-state index is 0.337. The minimum atomic E-state index is -2.35. The zero-order chi connectivity index (χ0) is 37.8. The first-order valence-electron chi connectivity index (χ1n) is 16.0. The average molecular weight is 693 g/mol. The molecule has 9 atom stereocenters. The molecule has 1 fully saturated rings. The van der Waals surface area contributed by atoms with Crippen LogP contribution in [0.4, 0.5) is 0 Å². The lowest BCUT2D eigenvalue weighted by atomic mass is 9.72. The molecule has 0 aromatic carbocycles. The molecule has 0 aliphatic heterocycles. The van der Waals surface area contributed by atoms with E-state index in [2.05, 4.69) is 6.58 Å². The second-order valence-electron chi connectivity index (χ2n) is 13.5. The molecule has 0 unspecified atom stereocenters. The van der Waals surface area contributed by atoms with E-state index in [1.807, 2.05) is 0 Å². The molecule has 2 rings (SSSR count). The molecule has 0 heterocycles. The molecule has 1 saturated carbocycles. The first-order chi connectivity index (χ1) is 22.4. The molecule has 0 amide bonds. The lowest BCUT2D eigenvalue weighted by molar-refractivity contribution is -0.191. The van der Waals surface area contributed by atoms with Gasteiger partial charge in [-0.2, -0.15) is 0 Å². The zero-order valence-electron chi connectivity index (χ0n) is 30.0. The summed E-state index contributed by atoms with van der Waals surface area (Å²) in [6.45, 7) is 18.3. The summed E-state index contributed by atoms with van der Waals surface area (Å²) in [5, 5.41) is 0. The van der Waals surface area contributed by atoms with Crippen molar-refractivity contribution in [1.82, 2.24) is 0 Å². The van der Waals surface area contributed by atoms with Gasteiger partial charge in [-0.1, -0.05) is 39.5 Å². The molecule has 0 bridgehead atoms. The van der Waals surface area contributed by atoms with Crippen LogP contribution in [0.15, 0.2) is 24.3 Å². The Bertz CT molecular complexity index is 1420. The van der Waals surface area contributed by atoms with Gasteiger partial charge in [-0.3, -0.25) is 38.4 Å². The molecular formula is C35H48O14. The number of Topliss-reactive ketones (excluding diaryl/α,β-unsaturated/α-hetero) is 2. The van der Waals surface area contributed by atoms with Gasteiger partial charge in [0.2, 0.25) is 6.10 Å². The van der Waals surface area contributed by atoms with Gasteiger partial charge in [0.05, 0.1) is 11.8 Å². The van der Waals surface area contributed by atoms with Crippen molar-refractivity contribution in [3.63, 3.8) is 0 Å². The number of rotatable bonds is 8. The summed E-state index contributed by atoms with van der Waals surface area (Å²) < 4.78 is 34.4. The Morgan fingerprint density at radius 1 is 0.776 bits per heavy atom. The fourth-order valence-electron chi connectivity index (χ4n) is 6.43. The molecule has 0 N–H and O–H groups in total. The maximum atomic E-state index is 14.7. The Morgan fingerprint density at radius 3 is 1.76 bits per heavy atom. The third kappa shape index (κ3) is 9.01. The Labute approximate surface area is 286 Å². The van der Waals surface area contributed by atoms with Gasteiger partial charge in [0.1, 0.15) is 6.10 Å². The van der Waals surface area contributed by atoms with Crippen molar-refractivity contribution in [3.8, 4) is 0 Å². The van der Waals surface area contributed by atoms with E-state index in [0.717, 1.165) is 34.6 Å². The van der Waals surface area contributed by atoms with Gasteiger partial charge in [-0.05, 0) is 27.2 Å². The van der Waals surface area contributed by atoms with Gasteiger partial charge < -0.3 is 28.4 Å². The Hall–Kier alpha value is -4.36. The number of ketones is 2. The summed E-state index contributed by atoms with van der Waals surface area (Å²) in [4.78, 5) is 106. The lowest BCUT2D eigenvalue weighted by Gasteiger charge is -2.42. The van der Waals surface area contributed by atoms with Gasteiger partial charge in [0.15, 0.2) is 35.0 Å². The summed E-state index contributed by atoms with van der Waals surface area (Å²) in [5.74, 6) is -10.5. The number of hydrogen-bond acceptors (Lipinski definition) is 14. The van der Waals surface area contributed by atoms with Gasteiger partial charge in [0.25, 0.3) is 0 Å². The first-order valence-corrected chi connectivity index (χ1v) is 16.0. The van der Waals surface area contributed by atoms with Crippen LogP contribution in [-0.2, 0) is 66.8 Å². The van der Waals surface area contributed by atoms with Crippen LogP contribution >= 0.6 is 0 Å². The van der Waals surface area contributed by atoms with Gasteiger partial charge in [-0.25, -0.2) is 0 Å². The van der Waals surface area contributed by atoms with Crippen molar-refractivity contribution in [2.45, 2.75) is 125 Å². The first kappa shape index (κ1) is 40.8. The molecule has 2 aliphatic carbocycles. The van der Waals surface area contributed by atoms with Crippen LogP contribution in [0.3, 0.4) is 0 Å². The van der Waals surface area contributed by atoms with E-state index in [-0.39, 0.29) is 5.57 Å². The van der Waals surface area contributed by atoms with Gasteiger partial charge >= 0.3 is 35.8 Å². The highest BCUT2D eigenvalue weighted by Crippen LogP contribution is 2.54. The lowest BCUT2D eigenvalue weighted by Crippen LogP contribution is -2.58. The standard InChI is InChI=1S/C35H48O14/c1-13-17(2)32(43)47-28-27(45-21(6)37)19(4)26(44-20(5)36)25-31(46-22(7)38)34(12,48-23(8)39)16-35(25,49-24(9)40)29(41)18(3)14-15-33(10,11)30(28)42/h14-15,17-18,25-28,31H,4,13,16H2,1-3,5-12H3/b15-14+/t17-,18+,25-,26-,27-,28+,31+,34+,35+/m1/s1. The van der Waals surface area contributed by atoms with Crippen molar-refractivity contribution >= 4 is 47.4 Å². The molecule has 0 radical (unpaired) electrons. The number of carbonyl (C=O) groups is 8. The van der Waals surface area contributed by atoms with E-state index in [1.165, 1.54) is 39.8 Å². The largest absolute Gasteiger partial charge is 0.458 e. The molecule has 0 aromatic heterocycles. The van der Waals surface area contributed by atoms with Gasteiger partial charge in [-0.15, -0.1) is 0 Å². The quantitative estimate of drug-likeness (QED) is 0.204. The fourth-order valence-corrected chi connectivity index (χ4v) is 6.43. The highest BCUT2D eigenvalue weighted by Gasteiger charge is 2.72. The number of fused-ring (bicyclic) bond motifs is 1. The van der Waals surface area contributed by atoms with E-state index in [1.54, 1.807) is 13.8 Å². The number of esters is 6. The predicted octanol–water partition coefficient (Wildman–Crippen LogP) is 3.31. The highest BCUT2D eigenvalue weighted by molar-refractivity contribution is 5.96. The minimum Gasteiger partial charge on any atom is -0.458 e. The third-order valence-corrected chi connectivity index (χ3v) is 8.78. The van der Waals surface area contributed by atoms with Crippen LogP contribution in [0.1, 0.15) is 89.0 Å². The maximum absolute atomic E-state index is 14.7. The summed E-state index contributed by atoms with van der Waals surface area (Å²) in [7, 11) is 0. The number of allylic oxidation sites excluding steroid dienone is 2. The van der Waals surface area contributed by atoms with Crippen molar-refractivity contribution in [2.75, 3.05) is 0 Å². The molecular weight excluding hydrogens is 644 g/mol. The third-order valence-electron chi connectivity index (χ3n) is 8.78. The van der Waals surface area contributed by atoms with Crippen molar-refractivity contribution in [2.24, 2.45) is 23.2 Å². The van der Waals surface area contributed by atoms with Crippen LogP contribution in [0.5, 0.6) is 0 Å². The van der Waals surface area contributed by atoms with E-state index >= 15 is 0 Å². The molecule has 14 nitrogen and oxygen atoms in total. The fraction of sp³-hybridized carbons (Fsp3) is 0.657. The van der Waals surface area contributed by atoms with Crippen LogP contribution in [0, 0.1) is 23.2 Å². The number of ether oxygens (including phenoxy) is 6. The van der Waals surface area contributed by atoms with Crippen molar-refractivity contribution in [3.05, 3.63) is 24.3 Å². The number of hydrogen-bond donors (Lipinski definition) is 0. The summed E-state index contributed by atoms with van der Waals surface area (Å²) in [6.07, 6.45) is -4.68. The highest BCUT2D eigenvalue weighted by atomic mass is 16.6. The number of carbonyl (C=O) groups excluding carboxylic acids is 8. The Kier molecular flexibility index (Phi) is 12.9. The second kappa shape index (κ2) is 15.5. The van der Waals surface area contributed by atoms with E-state index in [4.69, 9.17) is 28.4 Å². The van der Waals surface area contributed by atoms with Crippen LogP contribution in [0.2, 0.25) is 0 Å². The monoisotopic (exact) mass is 692 g/mol. The molecule has 49 heavy (non-hydrogen) atoms. The van der Waals surface area contributed by atoms with Gasteiger partial charge in [0, 0.05) is 57.9 Å². The summed E-state index contributed by atoms with van der Waals surface area (Å²) in [6, 6.07) is 0. The van der Waals surface area contributed by atoms with E-state index in [9.17, 15) is 38.4 Å². The normalized spacial score (nSPS) is 32.6. The van der Waals surface area contributed by atoms with E-state index < -0.39 is 113 Å². The Balaban J connectivity index is 3.21. The summed E-state index contributed by atoms with van der Waals surface area (Å²) in [5.41, 5.74) is -6.09. The topological polar surface area (TPSA) is 192 Å². The average Bonchev–Trinajstić information content (AvgIpc) is 3.19. The molecule has 2 aliphatic rings. The van der Waals surface area contributed by atoms with Crippen LogP contribution in [0.25, 0.3) is 0 Å². The smallest absolute Gasteiger partial charge is 0.309 e. The Morgan fingerprint density at radius 2 is 1.29 bits per heavy atom. The predicted molar refractivity (Wildman–Crippen MR) is 170 cm³/mol. The zero-order valence-corrected chi connectivity index (χ0v) is 30.0. The van der Waals surface area contributed by atoms with Crippen molar-refractivity contribution < 1.29 is 66.8 Å². The molecule has 0 spiro atoms. The SMILES string of the molecule is C=C1[C@@H](OC(C)=O)[C@@H]2[C@H](OC(C)=O)[C@@](C)(OC(C)=O)C[C@@]2(OC(C)=O)C(=O)[C@@H](C)/C=C/C(C)(C)C(=O)[C@@H](OC(=O)[C@H](C)CC)[C@@H]1OC(C)=O. The maximum Gasteiger partial charge on any atom is 0.309 e. The van der Waals surface area contributed by atoms with Crippen LogP contribution in [-0.4, -0.2) is 83.0 Å².